The van der Waals surface area contributed by atoms with Crippen molar-refractivity contribution in [1.82, 2.24) is 10.9 Å². The Morgan fingerprint density at radius 1 is 1.03 bits per heavy atom. The van der Waals surface area contributed by atoms with E-state index in [1.165, 1.54) is 18.2 Å². The Kier molecular flexibility index (Phi) is 7.43. The van der Waals surface area contributed by atoms with E-state index in [1.54, 1.807) is 12.1 Å². The van der Waals surface area contributed by atoms with Gasteiger partial charge in [0.15, 0.2) is 0 Å². The van der Waals surface area contributed by atoms with Crippen molar-refractivity contribution >= 4 is 29.0 Å². The molecule has 3 rings (SSSR count). The average Bonchev–Trinajstić information content (AvgIpc) is 2.78. The number of piperidine rings is 1. The van der Waals surface area contributed by atoms with E-state index in [1.807, 2.05) is 38.1 Å². The molecule has 2 aromatic rings. The number of non-ortho nitro benzene ring substituents is 1. The molecule has 0 aliphatic carbocycles. The lowest BCUT2D eigenvalue weighted by Crippen LogP contribution is -2.43. The highest BCUT2D eigenvalue weighted by atomic mass is 16.6. The lowest BCUT2D eigenvalue weighted by atomic mass is 10.0. The average molecular weight is 438 g/mol. The molecule has 0 radical (unpaired) electrons. The van der Waals surface area contributed by atoms with Crippen LogP contribution in [-0.2, 0) is 4.79 Å². The van der Waals surface area contributed by atoms with Crippen LogP contribution in [-0.4, -0.2) is 30.0 Å². The van der Waals surface area contributed by atoms with Crippen molar-refractivity contribution in [3.05, 3.63) is 75.9 Å². The van der Waals surface area contributed by atoms with Gasteiger partial charge in [0.2, 0.25) is 0 Å². The van der Waals surface area contributed by atoms with Gasteiger partial charge in [0.1, 0.15) is 0 Å². The van der Waals surface area contributed by atoms with E-state index in [9.17, 15) is 19.7 Å². The molecular weight excluding hydrogens is 410 g/mol. The lowest BCUT2D eigenvalue weighted by molar-refractivity contribution is -0.384. The van der Waals surface area contributed by atoms with Crippen LogP contribution in [0.1, 0.15) is 38.2 Å². The van der Waals surface area contributed by atoms with Crippen LogP contribution < -0.4 is 21.1 Å². The maximum atomic E-state index is 12.2. The Balaban J connectivity index is 1.46. The molecule has 0 unspecified atom stereocenters. The first kappa shape index (κ1) is 22.8. The fourth-order valence-electron chi connectivity index (χ4n) is 3.59. The summed E-state index contributed by atoms with van der Waals surface area (Å²) in [5.41, 5.74) is 8.45. The van der Waals surface area contributed by atoms with Gasteiger partial charge in [-0.25, -0.2) is 10.2 Å². The predicted molar refractivity (Wildman–Crippen MR) is 123 cm³/mol. The van der Waals surface area contributed by atoms with Gasteiger partial charge in [0, 0.05) is 42.7 Å². The van der Waals surface area contributed by atoms with E-state index in [0.29, 0.717) is 31.6 Å². The Bertz CT molecular complexity index is 1010. The molecule has 9 heteroatoms. The number of hydrazine groups is 1. The molecule has 0 spiro atoms. The number of rotatable bonds is 5. The van der Waals surface area contributed by atoms with E-state index >= 15 is 0 Å². The number of amides is 3. The lowest BCUT2D eigenvalue weighted by Gasteiger charge is -2.30. The predicted octanol–water partition coefficient (Wildman–Crippen LogP) is 4.10. The normalized spacial score (nSPS) is 13.5. The molecule has 1 aliphatic heterocycles. The molecule has 32 heavy (non-hydrogen) atoms. The van der Waals surface area contributed by atoms with Gasteiger partial charge in [0.25, 0.3) is 11.6 Å². The van der Waals surface area contributed by atoms with Crippen LogP contribution in [0, 0.1) is 10.1 Å². The minimum Gasteiger partial charge on any atom is -0.371 e. The number of urea groups is 1. The molecule has 0 bridgehead atoms. The third-order valence-electron chi connectivity index (χ3n) is 5.30. The van der Waals surface area contributed by atoms with Crippen LogP contribution in [0.15, 0.2) is 60.2 Å². The summed E-state index contributed by atoms with van der Waals surface area (Å²) in [6.07, 6.45) is 2.90. The molecule has 1 heterocycles. The molecule has 0 atom stereocenters. The first-order valence-corrected chi connectivity index (χ1v) is 10.5. The van der Waals surface area contributed by atoms with Gasteiger partial charge in [-0.15, -0.1) is 0 Å². The van der Waals surface area contributed by atoms with Gasteiger partial charge in [-0.2, -0.15) is 0 Å². The third kappa shape index (κ3) is 6.07. The van der Waals surface area contributed by atoms with Crippen LogP contribution in [0.5, 0.6) is 0 Å². The summed E-state index contributed by atoms with van der Waals surface area (Å²) >= 11 is 0. The standard InChI is InChI=1S/C23H27N5O4/c1-16(2)20-5-3-4-6-21(20)24-23(30)26-25-22(29)15-17-11-13-27(14-12-17)18-7-9-19(10-8-18)28(31)32/h3-10,15-16H,11-14H2,1-2H3,(H,25,29)(H2,24,26,30). The van der Waals surface area contributed by atoms with Crippen molar-refractivity contribution in [3.63, 3.8) is 0 Å². The Labute approximate surface area is 186 Å². The number of benzene rings is 2. The zero-order valence-corrected chi connectivity index (χ0v) is 18.1. The second-order valence-corrected chi connectivity index (χ2v) is 7.87. The first-order valence-electron chi connectivity index (χ1n) is 10.5. The van der Waals surface area contributed by atoms with Gasteiger partial charge >= 0.3 is 6.03 Å². The van der Waals surface area contributed by atoms with E-state index in [-0.39, 0.29) is 11.6 Å². The molecule has 9 nitrogen and oxygen atoms in total. The topological polar surface area (TPSA) is 117 Å². The molecule has 0 saturated carbocycles. The molecule has 3 N–H and O–H groups in total. The number of hydrogen-bond acceptors (Lipinski definition) is 5. The number of para-hydroxylation sites is 1. The van der Waals surface area contributed by atoms with Gasteiger partial charge in [0.05, 0.1) is 4.92 Å². The van der Waals surface area contributed by atoms with Gasteiger partial charge < -0.3 is 10.2 Å². The van der Waals surface area contributed by atoms with Crippen molar-refractivity contribution in [2.75, 3.05) is 23.3 Å². The highest BCUT2D eigenvalue weighted by Crippen LogP contribution is 2.25. The SMILES string of the molecule is CC(C)c1ccccc1NC(=O)NNC(=O)C=C1CCN(c2ccc([N+](=O)[O-])cc2)CC1. The molecule has 1 fully saturated rings. The fraction of sp³-hybridized carbons (Fsp3) is 0.304. The van der Waals surface area contributed by atoms with Crippen LogP contribution in [0.2, 0.25) is 0 Å². The van der Waals surface area contributed by atoms with E-state index in [2.05, 4.69) is 21.1 Å². The van der Waals surface area contributed by atoms with Crippen molar-refractivity contribution in [2.45, 2.75) is 32.6 Å². The minimum absolute atomic E-state index is 0.0623. The van der Waals surface area contributed by atoms with E-state index < -0.39 is 16.9 Å². The smallest absolute Gasteiger partial charge is 0.337 e. The van der Waals surface area contributed by atoms with Crippen LogP contribution in [0.25, 0.3) is 0 Å². The minimum atomic E-state index is -0.516. The molecule has 3 amide bonds. The number of anilines is 2. The number of carbonyl (C=O) groups is 2. The molecule has 0 aromatic heterocycles. The molecule has 168 valence electrons. The number of nitrogens with one attached hydrogen (secondary N) is 3. The number of nitrogens with zero attached hydrogens (tertiary/aromatic N) is 2. The second-order valence-electron chi connectivity index (χ2n) is 7.87. The maximum Gasteiger partial charge on any atom is 0.337 e. The zero-order valence-electron chi connectivity index (χ0n) is 18.1. The third-order valence-corrected chi connectivity index (χ3v) is 5.30. The number of nitro benzene ring substituents is 1. The van der Waals surface area contributed by atoms with Crippen molar-refractivity contribution < 1.29 is 14.5 Å². The molecule has 2 aromatic carbocycles. The maximum absolute atomic E-state index is 12.2. The highest BCUT2D eigenvalue weighted by molar-refractivity contribution is 5.94. The quantitative estimate of drug-likeness (QED) is 0.370. The van der Waals surface area contributed by atoms with Crippen molar-refractivity contribution in [1.29, 1.82) is 0 Å². The van der Waals surface area contributed by atoms with Crippen molar-refractivity contribution in [3.8, 4) is 0 Å². The van der Waals surface area contributed by atoms with Crippen molar-refractivity contribution in [2.24, 2.45) is 0 Å². The fourth-order valence-corrected chi connectivity index (χ4v) is 3.59. The second kappa shape index (κ2) is 10.4. The van der Waals surface area contributed by atoms with Crippen LogP contribution in [0.3, 0.4) is 0 Å². The first-order chi connectivity index (χ1) is 15.3. The summed E-state index contributed by atoms with van der Waals surface area (Å²) in [5.74, 6) is -0.140. The summed E-state index contributed by atoms with van der Waals surface area (Å²) in [6.45, 7) is 5.49. The monoisotopic (exact) mass is 437 g/mol. The number of hydrogen-bond donors (Lipinski definition) is 3. The van der Waals surface area contributed by atoms with Gasteiger partial charge in [-0.05, 0) is 42.5 Å². The number of nitro groups is 1. The largest absolute Gasteiger partial charge is 0.371 e. The Morgan fingerprint density at radius 3 is 2.31 bits per heavy atom. The summed E-state index contributed by atoms with van der Waals surface area (Å²) in [4.78, 5) is 36.8. The highest BCUT2D eigenvalue weighted by Gasteiger charge is 2.16. The van der Waals surface area contributed by atoms with Crippen LogP contribution in [0.4, 0.5) is 21.9 Å². The van der Waals surface area contributed by atoms with Gasteiger partial charge in [-0.3, -0.25) is 20.3 Å². The summed E-state index contributed by atoms with van der Waals surface area (Å²) in [5, 5.41) is 13.5. The molecule has 1 saturated heterocycles. The van der Waals surface area contributed by atoms with Crippen LogP contribution >= 0.6 is 0 Å². The summed E-state index contributed by atoms with van der Waals surface area (Å²) in [6, 6.07) is 13.5. The Morgan fingerprint density at radius 2 is 1.69 bits per heavy atom. The van der Waals surface area contributed by atoms with E-state index in [4.69, 9.17) is 0 Å². The van der Waals surface area contributed by atoms with Gasteiger partial charge in [-0.1, -0.05) is 37.6 Å². The zero-order chi connectivity index (χ0) is 23.1. The molecular formula is C23H27N5O4. The Hall–Kier alpha value is -3.88. The summed E-state index contributed by atoms with van der Waals surface area (Å²) in [7, 11) is 0. The summed E-state index contributed by atoms with van der Waals surface area (Å²) < 4.78 is 0. The molecule has 1 aliphatic rings. The number of carbonyl (C=O) groups excluding carboxylic acids is 2. The van der Waals surface area contributed by atoms with E-state index in [0.717, 1.165) is 16.8 Å².